The van der Waals surface area contributed by atoms with Crippen molar-refractivity contribution in [2.75, 3.05) is 18.7 Å². The van der Waals surface area contributed by atoms with E-state index in [1.807, 2.05) is 26.0 Å². The fraction of sp³-hybridized carbons (Fsp3) is 0.300. The molecule has 7 nitrogen and oxygen atoms in total. The molecule has 1 aliphatic rings. The summed E-state index contributed by atoms with van der Waals surface area (Å²) in [6, 6.07) is 10.7. The molecule has 0 saturated carbocycles. The molecule has 1 N–H and O–H groups in total. The standard InChI is InChI=1S/C20H21NO6/c1-12-4-6-16(13(2)8-12)24-10-19(22)27-14(3)20(23)21-15-5-7-17-18(9-15)26-11-25-17/h4-9,14H,10-11H2,1-3H3,(H,21,23)/t14-/m0/s1. The second-order valence-electron chi connectivity index (χ2n) is 6.25. The van der Waals surface area contributed by atoms with Crippen LogP contribution in [-0.2, 0) is 14.3 Å². The van der Waals surface area contributed by atoms with Gasteiger partial charge in [-0.15, -0.1) is 0 Å². The van der Waals surface area contributed by atoms with Gasteiger partial charge in [0.15, 0.2) is 24.2 Å². The molecule has 0 saturated heterocycles. The van der Waals surface area contributed by atoms with Gasteiger partial charge in [-0.3, -0.25) is 4.79 Å². The Bertz CT molecular complexity index is 864. The molecule has 2 aromatic carbocycles. The van der Waals surface area contributed by atoms with Gasteiger partial charge in [0, 0.05) is 11.8 Å². The second kappa shape index (κ2) is 7.99. The number of fused-ring (bicyclic) bond motifs is 1. The van der Waals surface area contributed by atoms with E-state index in [-0.39, 0.29) is 13.4 Å². The Morgan fingerprint density at radius 1 is 1.11 bits per heavy atom. The summed E-state index contributed by atoms with van der Waals surface area (Å²) in [5.41, 5.74) is 2.56. The maximum atomic E-state index is 12.2. The van der Waals surface area contributed by atoms with Gasteiger partial charge in [-0.1, -0.05) is 17.7 Å². The van der Waals surface area contributed by atoms with E-state index in [1.54, 1.807) is 24.3 Å². The van der Waals surface area contributed by atoms with Gasteiger partial charge in [0.05, 0.1) is 0 Å². The largest absolute Gasteiger partial charge is 0.482 e. The van der Waals surface area contributed by atoms with Crippen molar-refractivity contribution in [1.29, 1.82) is 0 Å². The molecule has 0 fully saturated rings. The third-order valence-electron chi connectivity index (χ3n) is 3.99. The normalized spacial score (nSPS) is 13.0. The zero-order valence-electron chi connectivity index (χ0n) is 15.4. The summed E-state index contributed by atoms with van der Waals surface area (Å²) >= 11 is 0. The maximum Gasteiger partial charge on any atom is 0.344 e. The van der Waals surface area contributed by atoms with Gasteiger partial charge >= 0.3 is 5.97 Å². The molecular weight excluding hydrogens is 350 g/mol. The van der Waals surface area contributed by atoms with Gasteiger partial charge < -0.3 is 24.3 Å². The average molecular weight is 371 g/mol. The van der Waals surface area contributed by atoms with Crippen LogP contribution < -0.4 is 19.5 Å². The van der Waals surface area contributed by atoms with Gasteiger partial charge in [0.2, 0.25) is 6.79 Å². The first kappa shape index (κ1) is 18.6. The van der Waals surface area contributed by atoms with Crippen molar-refractivity contribution >= 4 is 17.6 Å². The summed E-state index contributed by atoms with van der Waals surface area (Å²) in [6.45, 7) is 5.25. The van der Waals surface area contributed by atoms with E-state index in [1.165, 1.54) is 6.92 Å². The summed E-state index contributed by atoms with van der Waals surface area (Å²) in [6.07, 6.45) is -0.967. The Balaban J connectivity index is 1.49. The van der Waals surface area contributed by atoms with Crippen LogP contribution in [0.5, 0.6) is 17.2 Å². The van der Waals surface area contributed by atoms with Crippen LogP contribution in [0.15, 0.2) is 36.4 Å². The Morgan fingerprint density at radius 3 is 2.67 bits per heavy atom. The van der Waals surface area contributed by atoms with Gasteiger partial charge in [0.1, 0.15) is 5.75 Å². The Morgan fingerprint density at radius 2 is 1.89 bits per heavy atom. The molecule has 0 radical (unpaired) electrons. The van der Waals surface area contributed by atoms with Crippen LogP contribution >= 0.6 is 0 Å². The number of nitrogens with one attached hydrogen (secondary N) is 1. The number of ether oxygens (including phenoxy) is 4. The first-order valence-corrected chi connectivity index (χ1v) is 8.52. The quantitative estimate of drug-likeness (QED) is 0.786. The van der Waals surface area contributed by atoms with E-state index < -0.39 is 18.0 Å². The molecule has 3 rings (SSSR count). The van der Waals surface area contributed by atoms with Crippen molar-refractivity contribution in [1.82, 2.24) is 0 Å². The maximum absolute atomic E-state index is 12.2. The number of carbonyl (C=O) groups excluding carboxylic acids is 2. The van der Waals surface area contributed by atoms with Gasteiger partial charge in [-0.05, 0) is 44.5 Å². The van der Waals surface area contributed by atoms with Crippen LogP contribution in [-0.4, -0.2) is 31.4 Å². The van der Waals surface area contributed by atoms with Crippen LogP contribution in [0.1, 0.15) is 18.1 Å². The number of esters is 1. The number of amides is 1. The zero-order valence-corrected chi connectivity index (χ0v) is 15.4. The third-order valence-corrected chi connectivity index (χ3v) is 3.99. The number of hydrogen-bond acceptors (Lipinski definition) is 6. The van der Waals surface area contributed by atoms with Gasteiger partial charge in [-0.25, -0.2) is 4.79 Å². The predicted molar refractivity (Wildman–Crippen MR) is 98.2 cm³/mol. The molecule has 1 amide bonds. The molecule has 1 atom stereocenters. The SMILES string of the molecule is Cc1ccc(OCC(=O)O[C@@H](C)C(=O)Nc2ccc3c(c2)OCO3)c(C)c1. The fourth-order valence-corrected chi connectivity index (χ4v) is 2.60. The number of aryl methyl sites for hydroxylation is 2. The predicted octanol–water partition coefficient (Wildman–Crippen LogP) is 2.98. The highest BCUT2D eigenvalue weighted by Gasteiger charge is 2.20. The number of rotatable bonds is 6. The molecular formula is C20H21NO6. The molecule has 27 heavy (non-hydrogen) atoms. The highest BCUT2D eigenvalue weighted by molar-refractivity contribution is 5.95. The van der Waals surface area contributed by atoms with Crippen LogP contribution in [0.4, 0.5) is 5.69 Å². The second-order valence-corrected chi connectivity index (χ2v) is 6.25. The molecule has 0 aliphatic carbocycles. The summed E-state index contributed by atoms with van der Waals surface area (Å²) in [4.78, 5) is 24.2. The lowest BCUT2D eigenvalue weighted by molar-refractivity contribution is -0.155. The molecule has 2 aromatic rings. The van der Waals surface area contributed by atoms with E-state index >= 15 is 0 Å². The average Bonchev–Trinajstić information content (AvgIpc) is 3.08. The Kier molecular flexibility index (Phi) is 5.49. The van der Waals surface area contributed by atoms with Gasteiger partial charge in [-0.2, -0.15) is 0 Å². The molecule has 0 aromatic heterocycles. The lowest BCUT2D eigenvalue weighted by Gasteiger charge is -2.14. The van der Waals surface area contributed by atoms with Crippen LogP contribution in [0.2, 0.25) is 0 Å². The Hall–Kier alpha value is -3.22. The highest BCUT2D eigenvalue weighted by Crippen LogP contribution is 2.34. The minimum absolute atomic E-state index is 0.154. The zero-order chi connectivity index (χ0) is 19.4. The molecule has 0 bridgehead atoms. The van der Waals surface area contributed by atoms with Crippen molar-refractivity contribution in [3.63, 3.8) is 0 Å². The number of carbonyl (C=O) groups is 2. The minimum atomic E-state index is -0.967. The van der Waals surface area contributed by atoms with E-state index in [0.29, 0.717) is 22.9 Å². The van der Waals surface area contributed by atoms with Crippen molar-refractivity contribution in [2.24, 2.45) is 0 Å². The number of benzene rings is 2. The first-order chi connectivity index (χ1) is 12.9. The number of hydrogen-bond donors (Lipinski definition) is 1. The van der Waals surface area contributed by atoms with Crippen LogP contribution in [0, 0.1) is 13.8 Å². The smallest absolute Gasteiger partial charge is 0.344 e. The van der Waals surface area contributed by atoms with Crippen LogP contribution in [0.25, 0.3) is 0 Å². The summed E-state index contributed by atoms with van der Waals surface area (Å²) in [5, 5.41) is 2.67. The Labute approximate surface area is 157 Å². The van der Waals surface area contributed by atoms with E-state index in [4.69, 9.17) is 18.9 Å². The van der Waals surface area contributed by atoms with Crippen molar-refractivity contribution in [2.45, 2.75) is 26.9 Å². The summed E-state index contributed by atoms with van der Waals surface area (Å²) < 4.78 is 21.1. The summed E-state index contributed by atoms with van der Waals surface area (Å²) in [5.74, 6) is 0.711. The molecule has 0 unspecified atom stereocenters. The molecule has 0 spiro atoms. The van der Waals surface area contributed by atoms with Gasteiger partial charge in [0.25, 0.3) is 5.91 Å². The van der Waals surface area contributed by atoms with E-state index in [2.05, 4.69) is 5.32 Å². The van der Waals surface area contributed by atoms with Crippen molar-refractivity contribution in [3.8, 4) is 17.2 Å². The monoisotopic (exact) mass is 371 g/mol. The fourth-order valence-electron chi connectivity index (χ4n) is 2.60. The molecule has 142 valence electrons. The highest BCUT2D eigenvalue weighted by atomic mass is 16.7. The van der Waals surface area contributed by atoms with E-state index in [0.717, 1.165) is 11.1 Å². The van der Waals surface area contributed by atoms with Crippen molar-refractivity contribution < 1.29 is 28.5 Å². The van der Waals surface area contributed by atoms with E-state index in [9.17, 15) is 9.59 Å². The topological polar surface area (TPSA) is 83.1 Å². The molecule has 1 heterocycles. The minimum Gasteiger partial charge on any atom is -0.482 e. The lowest BCUT2D eigenvalue weighted by atomic mass is 10.1. The lowest BCUT2D eigenvalue weighted by Crippen LogP contribution is -2.31. The number of anilines is 1. The molecule has 1 aliphatic heterocycles. The first-order valence-electron chi connectivity index (χ1n) is 8.52. The molecule has 7 heteroatoms. The summed E-state index contributed by atoms with van der Waals surface area (Å²) in [7, 11) is 0. The third kappa shape index (κ3) is 4.69. The van der Waals surface area contributed by atoms with Crippen molar-refractivity contribution in [3.05, 3.63) is 47.5 Å². The van der Waals surface area contributed by atoms with Crippen LogP contribution in [0.3, 0.4) is 0 Å².